The molecule has 1 saturated carbocycles. The molecule has 1 fully saturated rings. The van der Waals surface area contributed by atoms with Gasteiger partial charge in [-0.2, -0.15) is 0 Å². The van der Waals surface area contributed by atoms with Gasteiger partial charge in [-0.15, -0.1) is 0 Å². The van der Waals surface area contributed by atoms with Crippen molar-refractivity contribution in [2.24, 2.45) is 17.8 Å². The number of fused-ring (bicyclic) bond motifs is 2. The van der Waals surface area contributed by atoms with Crippen LogP contribution in [0.2, 0.25) is 0 Å². The van der Waals surface area contributed by atoms with Crippen molar-refractivity contribution in [2.75, 3.05) is 6.54 Å². The maximum Gasteiger partial charge on any atom is 0.0947 e. The molecule has 1 aromatic rings. The van der Waals surface area contributed by atoms with E-state index >= 15 is 0 Å². The third kappa shape index (κ3) is 1.86. The highest BCUT2D eigenvalue weighted by Crippen LogP contribution is 2.42. The van der Waals surface area contributed by atoms with Crippen molar-refractivity contribution < 1.29 is 4.42 Å². The van der Waals surface area contributed by atoms with Crippen molar-refractivity contribution in [1.82, 2.24) is 5.32 Å². The zero-order chi connectivity index (χ0) is 10.1. The number of nitrogens with one attached hydrogen (secondary N) is 1. The molecule has 2 bridgehead atoms. The first-order valence-corrected chi connectivity index (χ1v) is 5.82. The molecule has 1 aromatic heterocycles. The minimum atomic E-state index is 0.854. The van der Waals surface area contributed by atoms with Crippen LogP contribution in [0.15, 0.2) is 35.2 Å². The van der Waals surface area contributed by atoms with Gasteiger partial charge >= 0.3 is 0 Å². The van der Waals surface area contributed by atoms with Gasteiger partial charge in [-0.25, -0.2) is 0 Å². The summed E-state index contributed by atoms with van der Waals surface area (Å²) in [5.74, 6) is 2.61. The summed E-state index contributed by atoms with van der Waals surface area (Å²) in [6.07, 6.45) is 11.2. The van der Waals surface area contributed by atoms with Crippen LogP contribution in [0.1, 0.15) is 18.4 Å². The Kier molecular flexibility index (Phi) is 2.37. The predicted octanol–water partition coefficient (Wildman–Crippen LogP) is 2.58. The van der Waals surface area contributed by atoms with Crippen molar-refractivity contribution in [1.29, 1.82) is 0 Å². The van der Waals surface area contributed by atoms with Gasteiger partial charge in [-0.1, -0.05) is 12.2 Å². The smallest absolute Gasteiger partial charge is 0.0947 e. The number of allylic oxidation sites excluding steroid dienone is 2. The zero-order valence-electron chi connectivity index (χ0n) is 8.86. The van der Waals surface area contributed by atoms with Gasteiger partial charge in [0.2, 0.25) is 0 Å². The van der Waals surface area contributed by atoms with Crippen LogP contribution in [0.25, 0.3) is 0 Å². The summed E-state index contributed by atoms with van der Waals surface area (Å²) < 4.78 is 5.04. The highest BCUT2D eigenvalue weighted by atomic mass is 16.3. The molecule has 0 amide bonds. The monoisotopic (exact) mass is 203 g/mol. The number of hydrogen-bond acceptors (Lipinski definition) is 2. The molecule has 15 heavy (non-hydrogen) atoms. The Morgan fingerprint density at radius 2 is 2.33 bits per heavy atom. The van der Waals surface area contributed by atoms with Gasteiger partial charge in [0.15, 0.2) is 0 Å². The molecule has 2 aliphatic rings. The standard InChI is InChI=1S/C13H17NO/c1-2-12-5-10(1)6-13(12)8-14-7-11-3-4-15-9-11/h1-4,9-10,12-14H,5-8H2. The van der Waals surface area contributed by atoms with Crippen LogP contribution in [-0.2, 0) is 6.54 Å². The first-order chi connectivity index (χ1) is 7.42. The zero-order valence-corrected chi connectivity index (χ0v) is 8.86. The van der Waals surface area contributed by atoms with Crippen LogP contribution in [0.4, 0.5) is 0 Å². The lowest BCUT2D eigenvalue weighted by Gasteiger charge is -2.18. The quantitative estimate of drug-likeness (QED) is 0.761. The molecule has 3 unspecified atom stereocenters. The molecular weight excluding hydrogens is 186 g/mol. The van der Waals surface area contributed by atoms with E-state index in [0.29, 0.717) is 0 Å². The molecule has 0 aromatic carbocycles. The maximum atomic E-state index is 5.04. The van der Waals surface area contributed by atoms with Gasteiger partial charge in [0.25, 0.3) is 0 Å². The summed E-state index contributed by atoms with van der Waals surface area (Å²) in [4.78, 5) is 0. The van der Waals surface area contributed by atoms with E-state index in [2.05, 4.69) is 17.5 Å². The lowest BCUT2D eigenvalue weighted by molar-refractivity contribution is 0.413. The van der Waals surface area contributed by atoms with Crippen LogP contribution in [0.3, 0.4) is 0 Å². The van der Waals surface area contributed by atoms with E-state index in [0.717, 1.165) is 30.8 Å². The molecular formula is C13H17NO. The fraction of sp³-hybridized carbons (Fsp3) is 0.538. The molecule has 0 spiro atoms. The van der Waals surface area contributed by atoms with Crippen LogP contribution >= 0.6 is 0 Å². The average Bonchev–Trinajstić information content (AvgIpc) is 2.93. The van der Waals surface area contributed by atoms with Gasteiger partial charge in [-0.3, -0.25) is 0 Å². The van der Waals surface area contributed by atoms with Gasteiger partial charge in [0, 0.05) is 12.1 Å². The summed E-state index contributed by atoms with van der Waals surface area (Å²) in [5.41, 5.74) is 1.24. The fourth-order valence-corrected chi connectivity index (χ4v) is 2.92. The number of hydrogen-bond donors (Lipinski definition) is 1. The Labute approximate surface area is 90.4 Å². The van der Waals surface area contributed by atoms with Gasteiger partial charge in [0.1, 0.15) is 0 Å². The van der Waals surface area contributed by atoms with Gasteiger partial charge < -0.3 is 9.73 Å². The third-order valence-corrected chi connectivity index (χ3v) is 3.73. The lowest BCUT2D eigenvalue weighted by atomic mass is 9.93. The Morgan fingerprint density at radius 1 is 1.33 bits per heavy atom. The molecule has 2 heteroatoms. The second-order valence-electron chi connectivity index (χ2n) is 4.80. The third-order valence-electron chi connectivity index (χ3n) is 3.73. The Morgan fingerprint density at radius 3 is 3.00 bits per heavy atom. The highest BCUT2D eigenvalue weighted by molar-refractivity contribution is 5.10. The molecule has 0 saturated heterocycles. The van der Waals surface area contributed by atoms with Crippen LogP contribution in [0.5, 0.6) is 0 Å². The van der Waals surface area contributed by atoms with Gasteiger partial charge in [-0.05, 0) is 43.2 Å². The van der Waals surface area contributed by atoms with E-state index in [1.807, 2.05) is 12.3 Å². The minimum Gasteiger partial charge on any atom is -0.472 e. The topological polar surface area (TPSA) is 25.2 Å². The van der Waals surface area contributed by atoms with E-state index in [1.165, 1.54) is 18.4 Å². The molecule has 0 radical (unpaired) electrons. The minimum absolute atomic E-state index is 0.854. The van der Waals surface area contributed by atoms with Crippen molar-refractivity contribution >= 4 is 0 Å². The summed E-state index contributed by atoms with van der Waals surface area (Å²) >= 11 is 0. The van der Waals surface area contributed by atoms with Crippen molar-refractivity contribution in [3.63, 3.8) is 0 Å². The first-order valence-electron chi connectivity index (χ1n) is 5.82. The van der Waals surface area contributed by atoms with Crippen molar-refractivity contribution in [2.45, 2.75) is 19.4 Å². The molecule has 2 nitrogen and oxygen atoms in total. The maximum absolute atomic E-state index is 5.04. The Balaban J connectivity index is 1.45. The molecule has 2 aliphatic carbocycles. The second-order valence-corrected chi connectivity index (χ2v) is 4.80. The largest absolute Gasteiger partial charge is 0.472 e. The van der Waals surface area contributed by atoms with E-state index in [4.69, 9.17) is 4.42 Å². The molecule has 0 aliphatic heterocycles. The fourth-order valence-electron chi connectivity index (χ4n) is 2.92. The number of rotatable bonds is 4. The Hall–Kier alpha value is -1.02. The summed E-state index contributed by atoms with van der Waals surface area (Å²) in [6, 6.07) is 2.02. The first kappa shape index (κ1) is 9.22. The van der Waals surface area contributed by atoms with Gasteiger partial charge in [0.05, 0.1) is 12.5 Å². The molecule has 80 valence electrons. The van der Waals surface area contributed by atoms with Crippen molar-refractivity contribution in [3.05, 3.63) is 36.3 Å². The average molecular weight is 203 g/mol. The number of furan rings is 1. The molecule has 1 N–H and O–H groups in total. The van der Waals surface area contributed by atoms with E-state index in [1.54, 1.807) is 6.26 Å². The van der Waals surface area contributed by atoms with E-state index in [-0.39, 0.29) is 0 Å². The Bertz CT molecular complexity index is 341. The lowest BCUT2D eigenvalue weighted by Crippen LogP contribution is -2.24. The predicted molar refractivity (Wildman–Crippen MR) is 59.3 cm³/mol. The highest BCUT2D eigenvalue weighted by Gasteiger charge is 2.34. The summed E-state index contributed by atoms with van der Waals surface area (Å²) in [6.45, 7) is 2.09. The van der Waals surface area contributed by atoms with Crippen LogP contribution < -0.4 is 5.32 Å². The second kappa shape index (κ2) is 3.86. The van der Waals surface area contributed by atoms with Crippen LogP contribution in [0, 0.1) is 17.8 Å². The molecule has 3 rings (SSSR count). The molecule has 1 heterocycles. The van der Waals surface area contributed by atoms with E-state index < -0.39 is 0 Å². The summed E-state index contributed by atoms with van der Waals surface area (Å²) in [7, 11) is 0. The normalized spacial score (nSPS) is 32.7. The van der Waals surface area contributed by atoms with Crippen molar-refractivity contribution in [3.8, 4) is 0 Å². The summed E-state index contributed by atoms with van der Waals surface area (Å²) in [5, 5.41) is 3.52. The molecule has 3 atom stereocenters. The van der Waals surface area contributed by atoms with Crippen LogP contribution in [-0.4, -0.2) is 6.54 Å². The van der Waals surface area contributed by atoms with E-state index in [9.17, 15) is 0 Å². The SMILES string of the molecule is C1=CC2CC1CC2CNCc1ccoc1.